The summed E-state index contributed by atoms with van der Waals surface area (Å²) >= 11 is 0. The molecule has 0 saturated carbocycles. The number of hydrogen-bond acceptors (Lipinski definition) is 5. The molecule has 1 N–H and O–H groups in total. The Balaban J connectivity index is 2.23. The van der Waals surface area contributed by atoms with Crippen LogP contribution in [0, 0.1) is 0 Å². The van der Waals surface area contributed by atoms with Crippen molar-refractivity contribution in [1.29, 1.82) is 0 Å². The third kappa shape index (κ3) is 1.60. The van der Waals surface area contributed by atoms with Gasteiger partial charge < -0.3 is 0 Å². The number of rotatable bonds is 1. The molecule has 2 aliphatic rings. The average molecular weight is 232 g/mol. The van der Waals surface area contributed by atoms with Gasteiger partial charge in [-0.15, -0.1) is 0 Å². The summed E-state index contributed by atoms with van der Waals surface area (Å²) < 4.78 is 22.3. The molecule has 0 bridgehead atoms. The van der Waals surface area contributed by atoms with Crippen LogP contribution in [0.15, 0.2) is 0 Å². The molecular formula is C7H8N2O5S. The number of urea groups is 1. The van der Waals surface area contributed by atoms with E-state index in [1.165, 1.54) is 0 Å². The van der Waals surface area contributed by atoms with Crippen LogP contribution in [0.1, 0.15) is 6.42 Å². The minimum absolute atomic E-state index is 0.0527. The highest BCUT2D eigenvalue weighted by atomic mass is 32.2. The topological polar surface area (TPSA) is 101 Å². The summed E-state index contributed by atoms with van der Waals surface area (Å²) in [4.78, 5) is 33.9. The van der Waals surface area contributed by atoms with E-state index in [2.05, 4.69) is 0 Å². The predicted molar refractivity (Wildman–Crippen MR) is 47.4 cm³/mol. The van der Waals surface area contributed by atoms with Gasteiger partial charge in [0.1, 0.15) is 0 Å². The maximum atomic E-state index is 11.2. The number of imide groups is 2. The monoisotopic (exact) mass is 232 g/mol. The number of nitrogens with one attached hydrogen (secondary N) is 1. The molecule has 0 radical (unpaired) electrons. The van der Waals surface area contributed by atoms with Crippen molar-refractivity contribution in [3.05, 3.63) is 0 Å². The molecule has 2 rings (SSSR count). The Morgan fingerprint density at radius 2 is 1.93 bits per heavy atom. The van der Waals surface area contributed by atoms with Gasteiger partial charge in [0.15, 0.2) is 9.84 Å². The summed E-state index contributed by atoms with van der Waals surface area (Å²) in [7, 11) is -3.18. The third-order valence-electron chi connectivity index (χ3n) is 2.43. The molecule has 2 heterocycles. The lowest BCUT2D eigenvalue weighted by Crippen LogP contribution is -2.41. The maximum Gasteiger partial charge on any atom is 0.331 e. The van der Waals surface area contributed by atoms with Gasteiger partial charge in [0.05, 0.1) is 17.5 Å². The second-order valence-electron chi connectivity index (χ2n) is 3.49. The molecule has 0 aromatic rings. The molecule has 82 valence electrons. The molecule has 4 amide bonds. The molecule has 2 saturated heterocycles. The van der Waals surface area contributed by atoms with E-state index in [-0.39, 0.29) is 17.9 Å². The third-order valence-corrected chi connectivity index (χ3v) is 4.18. The number of amides is 4. The van der Waals surface area contributed by atoms with Gasteiger partial charge in [-0.3, -0.25) is 19.8 Å². The van der Waals surface area contributed by atoms with Gasteiger partial charge in [0, 0.05) is 0 Å². The van der Waals surface area contributed by atoms with Crippen LogP contribution in [0.3, 0.4) is 0 Å². The van der Waals surface area contributed by atoms with E-state index in [1.54, 1.807) is 0 Å². The van der Waals surface area contributed by atoms with Crippen LogP contribution < -0.4 is 5.32 Å². The first-order valence-corrected chi connectivity index (χ1v) is 6.12. The van der Waals surface area contributed by atoms with Crippen molar-refractivity contribution >= 4 is 27.7 Å². The molecule has 15 heavy (non-hydrogen) atoms. The first kappa shape index (κ1) is 10.1. The van der Waals surface area contributed by atoms with Crippen LogP contribution >= 0.6 is 0 Å². The number of carbonyl (C=O) groups is 3. The van der Waals surface area contributed by atoms with Crippen LogP contribution in [0.2, 0.25) is 0 Å². The van der Waals surface area contributed by atoms with Crippen LogP contribution in [0.4, 0.5) is 4.79 Å². The SMILES string of the molecule is O=C1NC(=O)N([C@@H]2CCS(=O)(=O)C2)C1=O. The predicted octanol–water partition coefficient (Wildman–Crippen LogP) is -1.75. The molecule has 0 aromatic carbocycles. The Morgan fingerprint density at radius 3 is 2.33 bits per heavy atom. The van der Waals surface area contributed by atoms with E-state index in [0.717, 1.165) is 0 Å². The average Bonchev–Trinajstić information content (AvgIpc) is 2.56. The van der Waals surface area contributed by atoms with Crippen molar-refractivity contribution in [2.24, 2.45) is 0 Å². The zero-order valence-corrected chi connectivity index (χ0v) is 8.41. The Kier molecular flexibility index (Phi) is 2.03. The van der Waals surface area contributed by atoms with Crippen LogP contribution in [0.5, 0.6) is 0 Å². The smallest absolute Gasteiger partial charge is 0.269 e. The van der Waals surface area contributed by atoms with Crippen molar-refractivity contribution < 1.29 is 22.8 Å². The van der Waals surface area contributed by atoms with Gasteiger partial charge in [-0.2, -0.15) is 0 Å². The fourth-order valence-electron chi connectivity index (χ4n) is 1.72. The van der Waals surface area contributed by atoms with Crippen molar-refractivity contribution in [3.8, 4) is 0 Å². The summed E-state index contributed by atoms with van der Waals surface area (Å²) in [5.74, 6) is -2.27. The van der Waals surface area contributed by atoms with Crippen LogP contribution in [-0.2, 0) is 19.4 Å². The van der Waals surface area contributed by atoms with Gasteiger partial charge >= 0.3 is 17.8 Å². The standard InChI is InChI=1S/C7H8N2O5S/c10-5-6(11)9(7(12)8-5)4-1-2-15(13,14)3-4/h4H,1-3H2,(H,8,10,12)/t4-/m1/s1. The molecule has 7 nitrogen and oxygen atoms in total. The van der Waals surface area contributed by atoms with E-state index < -0.39 is 33.7 Å². The van der Waals surface area contributed by atoms with Gasteiger partial charge in [0.25, 0.3) is 0 Å². The summed E-state index contributed by atoms with van der Waals surface area (Å²) in [5, 5.41) is 1.82. The number of sulfone groups is 1. The highest BCUT2D eigenvalue weighted by molar-refractivity contribution is 7.91. The van der Waals surface area contributed by atoms with Crippen LogP contribution in [-0.4, -0.2) is 48.7 Å². The van der Waals surface area contributed by atoms with Gasteiger partial charge in [-0.25, -0.2) is 13.2 Å². The van der Waals surface area contributed by atoms with Crippen molar-refractivity contribution in [2.75, 3.05) is 11.5 Å². The molecular weight excluding hydrogens is 224 g/mol. The summed E-state index contributed by atoms with van der Waals surface area (Å²) in [6.45, 7) is 0. The quantitative estimate of drug-likeness (QED) is 0.427. The fourth-order valence-corrected chi connectivity index (χ4v) is 3.42. The minimum Gasteiger partial charge on any atom is -0.269 e. The second kappa shape index (κ2) is 3.02. The van der Waals surface area contributed by atoms with E-state index in [4.69, 9.17) is 0 Å². The first-order chi connectivity index (χ1) is 6.91. The Bertz CT molecular complexity index is 454. The summed E-state index contributed by atoms with van der Waals surface area (Å²) in [6.07, 6.45) is 0.203. The normalized spacial score (nSPS) is 29.7. The number of carbonyl (C=O) groups excluding carboxylic acids is 3. The van der Waals surface area contributed by atoms with Gasteiger partial charge in [-0.1, -0.05) is 0 Å². The largest absolute Gasteiger partial charge is 0.331 e. The molecule has 0 spiro atoms. The summed E-state index contributed by atoms with van der Waals surface area (Å²) in [5.41, 5.74) is 0. The van der Waals surface area contributed by atoms with Gasteiger partial charge in [-0.05, 0) is 6.42 Å². The van der Waals surface area contributed by atoms with E-state index in [0.29, 0.717) is 4.90 Å². The highest BCUT2D eigenvalue weighted by Gasteiger charge is 2.45. The van der Waals surface area contributed by atoms with E-state index in [1.807, 2.05) is 5.32 Å². The zero-order valence-electron chi connectivity index (χ0n) is 7.60. The molecule has 0 unspecified atom stereocenters. The number of hydrogen-bond donors (Lipinski definition) is 1. The molecule has 0 aromatic heterocycles. The Labute approximate surface area is 85.3 Å². The maximum absolute atomic E-state index is 11.2. The molecule has 2 fully saturated rings. The van der Waals surface area contributed by atoms with Crippen molar-refractivity contribution in [3.63, 3.8) is 0 Å². The number of nitrogens with zero attached hydrogens (tertiary/aromatic N) is 1. The van der Waals surface area contributed by atoms with Crippen molar-refractivity contribution in [2.45, 2.75) is 12.5 Å². The first-order valence-electron chi connectivity index (χ1n) is 4.29. The van der Waals surface area contributed by atoms with Crippen molar-refractivity contribution in [1.82, 2.24) is 10.2 Å². The fraction of sp³-hybridized carbons (Fsp3) is 0.571. The van der Waals surface area contributed by atoms with Gasteiger partial charge in [0.2, 0.25) is 0 Å². The molecule has 1 atom stereocenters. The lowest BCUT2D eigenvalue weighted by Gasteiger charge is -2.17. The molecule has 0 aliphatic carbocycles. The Morgan fingerprint density at radius 1 is 1.27 bits per heavy atom. The minimum atomic E-state index is -3.18. The molecule has 2 aliphatic heterocycles. The zero-order chi connectivity index (χ0) is 11.2. The Hall–Kier alpha value is -1.44. The van der Waals surface area contributed by atoms with Crippen LogP contribution in [0.25, 0.3) is 0 Å². The lowest BCUT2D eigenvalue weighted by atomic mass is 10.2. The lowest BCUT2D eigenvalue weighted by molar-refractivity contribution is -0.140. The van der Waals surface area contributed by atoms with E-state index in [9.17, 15) is 22.8 Å². The summed E-state index contributed by atoms with van der Waals surface area (Å²) in [6, 6.07) is -1.53. The molecule has 8 heteroatoms. The highest BCUT2D eigenvalue weighted by Crippen LogP contribution is 2.19. The second-order valence-corrected chi connectivity index (χ2v) is 5.72. The van der Waals surface area contributed by atoms with E-state index >= 15 is 0 Å².